The van der Waals surface area contributed by atoms with E-state index in [2.05, 4.69) is 19.0 Å². The Kier molecular flexibility index (Phi) is 10.6. The molecule has 0 radical (unpaired) electrons. The van der Waals surface area contributed by atoms with E-state index in [0.717, 1.165) is 48.4 Å². The minimum Gasteiger partial charge on any atom is -0.341 e. The summed E-state index contributed by atoms with van der Waals surface area (Å²) in [6, 6.07) is 22.5. The van der Waals surface area contributed by atoms with Crippen molar-refractivity contribution in [3.05, 3.63) is 96.1 Å². The Morgan fingerprint density at radius 1 is 0.891 bits per heavy atom. The largest absolute Gasteiger partial charge is 0.341 e. The number of carbonyl (C=O) groups excluding carboxylic acids is 3. The van der Waals surface area contributed by atoms with Crippen LogP contribution in [-0.4, -0.2) is 96.2 Å². The molecule has 2 fully saturated rings. The van der Waals surface area contributed by atoms with Gasteiger partial charge in [0, 0.05) is 45.2 Å². The molecule has 0 spiro atoms. The lowest BCUT2D eigenvalue weighted by Gasteiger charge is -2.40. The molecular formula is C38H49N5O3. The lowest BCUT2D eigenvalue weighted by Crippen LogP contribution is -2.55. The van der Waals surface area contributed by atoms with Crippen molar-refractivity contribution in [1.82, 2.24) is 19.6 Å². The van der Waals surface area contributed by atoms with Gasteiger partial charge in [0.15, 0.2) is 0 Å². The fourth-order valence-electron chi connectivity index (χ4n) is 6.77. The molecule has 244 valence electrons. The summed E-state index contributed by atoms with van der Waals surface area (Å²) in [5.74, 6) is -0.636. The number of piperidine rings is 1. The minimum absolute atomic E-state index is 0.0585. The van der Waals surface area contributed by atoms with E-state index in [1.165, 1.54) is 11.0 Å². The minimum atomic E-state index is -0.923. The summed E-state index contributed by atoms with van der Waals surface area (Å²) >= 11 is 0. The predicted octanol–water partition coefficient (Wildman–Crippen LogP) is 4.79. The van der Waals surface area contributed by atoms with Gasteiger partial charge in [-0.3, -0.25) is 14.4 Å². The zero-order valence-electron chi connectivity index (χ0n) is 27.8. The van der Waals surface area contributed by atoms with Gasteiger partial charge in [-0.1, -0.05) is 72.8 Å². The highest BCUT2D eigenvalue weighted by atomic mass is 16.2. The van der Waals surface area contributed by atoms with E-state index in [4.69, 9.17) is 5.73 Å². The van der Waals surface area contributed by atoms with Crippen LogP contribution in [0.2, 0.25) is 0 Å². The van der Waals surface area contributed by atoms with E-state index in [-0.39, 0.29) is 23.3 Å². The van der Waals surface area contributed by atoms with Gasteiger partial charge in [0.1, 0.15) is 12.1 Å². The molecule has 5 rings (SSSR count). The molecular weight excluding hydrogens is 574 g/mol. The summed E-state index contributed by atoms with van der Waals surface area (Å²) in [5, 5.41) is 2.03. The summed E-state index contributed by atoms with van der Waals surface area (Å²) in [6.45, 7) is 1.30. The first-order chi connectivity index (χ1) is 22.1. The zero-order valence-corrected chi connectivity index (χ0v) is 27.8. The van der Waals surface area contributed by atoms with Crippen LogP contribution in [0.1, 0.15) is 55.7 Å². The molecule has 2 aliphatic rings. The molecule has 3 amide bonds. The molecule has 2 N–H and O–H groups in total. The van der Waals surface area contributed by atoms with E-state index in [1.54, 1.807) is 19.0 Å². The lowest BCUT2D eigenvalue weighted by atomic mass is 9.75. The first-order valence-electron chi connectivity index (χ1n) is 16.5. The van der Waals surface area contributed by atoms with Gasteiger partial charge in [0.05, 0.1) is 0 Å². The lowest BCUT2D eigenvalue weighted by molar-refractivity contribution is -0.150. The van der Waals surface area contributed by atoms with Crippen LogP contribution in [0.3, 0.4) is 0 Å². The Hall–Kier alpha value is -4.01. The number of nitrogens with zero attached hydrogens (tertiary/aromatic N) is 4. The Bertz CT molecular complexity index is 1540. The summed E-state index contributed by atoms with van der Waals surface area (Å²) in [6.07, 6.45) is 9.18. The van der Waals surface area contributed by atoms with Crippen molar-refractivity contribution in [2.75, 3.05) is 41.3 Å². The van der Waals surface area contributed by atoms with Gasteiger partial charge < -0.3 is 25.3 Å². The van der Waals surface area contributed by atoms with Crippen molar-refractivity contribution >= 4 is 28.5 Å². The topological polar surface area (TPSA) is 90.2 Å². The number of amides is 3. The second-order valence-corrected chi connectivity index (χ2v) is 13.5. The summed E-state index contributed by atoms with van der Waals surface area (Å²) in [4.78, 5) is 49.7. The number of nitrogens with two attached hydrogens (primary N) is 1. The van der Waals surface area contributed by atoms with Crippen molar-refractivity contribution in [3.63, 3.8) is 0 Å². The molecule has 8 nitrogen and oxygen atoms in total. The monoisotopic (exact) mass is 623 g/mol. The number of rotatable bonds is 11. The van der Waals surface area contributed by atoms with Crippen molar-refractivity contribution < 1.29 is 14.4 Å². The van der Waals surface area contributed by atoms with Gasteiger partial charge in [-0.25, -0.2) is 0 Å². The van der Waals surface area contributed by atoms with Crippen molar-refractivity contribution in [2.24, 2.45) is 5.73 Å². The molecule has 1 saturated heterocycles. The van der Waals surface area contributed by atoms with Crippen LogP contribution in [0.25, 0.3) is 10.8 Å². The Balaban J connectivity index is 1.45. The normalized spacial score (nSPS) is 17.9. The van der Waals surface area contributed by atoms with Crippen molar-refractivity contribution in [1.29, 1.82) is 0 Å². The second kappa shape index (κ2) is 14.6. The third kappa shape index (κ3) is 7.68. The highest BCUT2D eigenvalue weighted by Crippen LogP contribution is 2.33. The third-order valence-corrected chi connectivity index (χ3v) is 10.1. The van der Waals surface area contributed by atoms with E-state index < -0.39 is 12.1 Å². The number of hydrogen-bond donors (Lipinski definition) is 1. The quantitative estimate of drug-likeness (QED) is 0.311. The molecule has 46 heavy (non-hydrogen) atoms. The van der Waals surface area contributed by atoms with Crippen LogP contribution >= 0.6 is 0 Å². The number of fused-ring (bicyclic) bond motifs is 1. The van der Waals surface area contributed by atoms with Gasteiger partial charge in [-0.15, -0.1) is 0 Å². The Morgan fingerprint density at radius 2 is 1.54 bits per heavy atom. The molecule has 0 aromatic heterocycles. The summed E-state index contributed by atoms with van der Waals surface area (Å²) in [7, 11) is 7.53. The molecule has 2 atom stereocenters. The highest BCUT2D eigenvalue weighted by molar-refractivity contribution is 5.96. The van der Waals surface area contributed by atoms with Crippen molar-refractivity contribution in [2.45, 2.75) is 68.6 Å². The molecule has 3 aromatic rings. The van der Waals surface area contributed by atoms with Gasteiger partial charge in [-0.05, 0) is 86.7 Å². The average molecular weight is 624 g/mol. The van der Waals surface area contributed by atoms with Crippen molar-refractivity contribution in [3.8, 4) is 0 Å². The van der Waals surface area contributed by atoms with Gasteiger partial charge in [0.25, 0.3) is 0 Å². The Morgan fingerprint density at radius 3 is 2.17 bits per heavy atom. The van der Waals surface area contributed by atoms with Crippen LogP contribution in [0.15, 0.2) is 84.9 Å². The van der Waals surface area contributed by atoms with E-state index in [0.29, 0.717) is 37.5 Å². The molecule has 1 heterocycles. The van der Waals surface area contributed by atoms with Crippen LogP contribution in [0, 0.1) is 0 Å². The third-order valence-electron chi connectivity index (χ3n) is 10.1. The number of hydrogen-bond acceptors (Lipinski definition) is 5. The SMILES string of the molecule is CN(C)C1CCN(C(=O)C(Cc2ccccc2)N(C)C(=O)C(c2ccc3ccccc3c2)N(C)C(=O)/C=C/CC2(N)CCC2)CC1. The number of benzene rings is 3. The maximum Gasteiger partial charge on any atom is 0.250 e. The predicted molar refractivity (Wildman–Crippen MR) is 184 cm³/mol. The molecule has 8 heteroatoms. The fraction of sp³-hybridized carbons (Fsp3) is 0.447. The molecule has 1 aliphatic carbocycles. The number of likely N-dealkylation sites (N-methyl/N-ethyl adjacent to an activating group) is 2. The average Bonchev–Trinajstić information content (AvgIpc) is 3.06. The van der Waals surface area contributed by atoms with E-state index >= 15 is 0 Å². The van der Waals surface area contributed by atoms with Gasteiger partial charge >= 0.3 is 0 Å². The van der Waals surface area contributed by atoms with Crippen LogP contribution < -0.4 is 5.73 Å². The van der Waals surface area contributed by atoms with E-state index in [9.17, 15) is 14.4 Å². The number of likely N-dealkylation sites (tertiary alicyclic amines) is 1. The van der Waals surface area contributed by atoms with E-state index in [1.807, 2.05) is 83.8 Å². The highest BCUT2D eigenvalue weighted by Gasteiger charge is 2.38. The Labute approximate surface area is 273 Å². The second-order valence-electron chi connectivity index (χ2n) is 13.5. The number of carbonyl (C=O) groups is 3. The molecule has 0 bridgehead atoms. The van der Waals surface area contributed by atoms with Gasteiger partial charge in [-0.2, -0.15) is 0 Å². The molecule has 2 unspecified atom stereocenters. The smallest absolute Gasteiger partial charge is 0.250 e. The first-order valence-corrected chi connectivity index (χ1v) is 16.5. The van der Waals surface area contributed by atoms with Crippen LogP contribution in [0.4, 0.5) is 0 Å². The maximum absolute atomic E-state index is 14.7. The standard InChI is InChI=1S/C38H49N5O3/c1-40(2)32-19-24-43(25-20-32)36(45)33(26-28-12-6-5-7-13-28)41(3)37(46)35(31-18-17-29-14-8-9-15-30(29)27-31)42(4)34(44)16-10-21-38(39)22-11-23-38/h5-10,12-18,27,32-33,35H,11,19-26,39H2,1-4H3/b16-10+. The fourth-order valence-corrected chi connectivity index (χ4v) is 6.77. The molecule has 1 saturated carbocycles. The van der Waals surface area contributed by atoms with Crippen LogP contribution in [0.5, 0.6) is 0 Å². The van der Waals surface area contributed by atoms with Gasteiger partial charge in [0.2, 0.25) is 17.7 Å². The maximum atomic E-state index is 14.7. The first kappa shape index (κ1) is 33.4. The van der Waals surface area contributed by atoms with Crippen LogP contribution in [-0.2, 0) is 20.8 Å². The molecule has 3 aromatic carbocycles. The summed E-state index contributed by atoms with van der Waals surface area (Å²) < 4.78 is 0. The zero-order chi connectivity index (χ0) is 32.8. The molecule has 1 aliphatic heterocycles. The summed E-state index contributed by atoms with van der Waals surface area (Å²) in [5.41, 5.74) is 7.83.